The molecule has 0 N–H and O–H groups in total. The van der Waals surface area contributed by atoms with Crippen LogP contribution in [0.2, 0.25) is 0 Å². The van der Waals surface area contributed by atoms with Gasteiger partial charge >= 0.3 is 0 Å². The number of alkyl halides is 1. The largest absolute Gasteiger partial charge is 0.0876 e. The van der Waals surface area contributed by atoms with Gasteiger partial charge in [0.1, 0.15) is 0 Å². The quantitative estimate of drug-likeness (QED) is 0.578. The average molecular weight is 331 g/mol. The summed E-state index contributed by atoms with van der Waals surface area (Å²) in [5.74, 6) is 0. The zero-order chi connectivity index (χ0) is 14.9. The minimum absolute atomic E-state index is 0.172. The Balaban J connectivity index is 2.61. The van der Waals surface area contributed by atoms with Gasteiger partial charge in [-0.3, -0.25) is 0 Å². The maximum absolute atomic E-state index is 3.59. The molecule has 0 spiro atoms. The van der Waals surface area contributed by atoms with Crippen LogP contribution in [0.3, 0.4) is 0 Å². The lowest BCUT2D eigenvalue weighted by molar-refractivity contribution is 0.590. The molecule has 0 saturated heterocycles. The number of halogens is 1. The monoisotopic (exact) mass is 330 g/mol. The third-order valence-electron chi connectivity index (χ3n) is 3.57. The summed E-state index contributed by atoms with van der Waals surface area (Å²) in [6.07, 6.45) is 0. The Labute approximate surface area is 131 Å². The predicted molar refractivity (Wildman–Crippen MR) is 92.7 cm³/mol. The van der Waals surface area contributed by atoms with E-state index in [1.807, 2.05) is 0 Å². The van der Waals surface area contributed by atoms with E-state index in [2.05, 4.69) is 86.9 Å². The van der Waals surface area contributed by atoms with Crippen LogP contribution in [-0.4, -0.2) is 0 Å². The summed E-state index contributed by atoms with van der Waals surface area (Å²) in [6, 6.07) is 13.7. The van der Waals surface area contributed by atoms with Crippen molar-refractivity contribution in [2.75, 3.05) is 0 Å². The first kappa shape index (κ1) is 15.3. The molecule has 0 amide bonds. The fraction of sp³-hybridized carbons (Fsp3) is 0.368. The Bertz CT molecular complexity index is 598. The van der Waals surface area contributed by atoms with E-state index < -0.39 is 0 Å². The lowest BCUT2D eigenvalue weighted by Gasteiger charge is -2.21. The molecule has 1 heteroatoms. The van der Waals surface area contributed by atoms with Crippen LogP contribution in [0.4, 0.5) is 0 Å². The van der Waals surface area contributed by atoms with Crippen LogP contribution in [0.1, 0.15) is 43.0 Å². The van der Waals surface area contributed by atoms with Crippen LogP contribution < -0.4 is 0 Å². The highest BCUT2D eigenvalue weighted by molar-refractivity contribution is 9.08. The first-order valence-electron chi connectivity index (χ1n) is 7.08. The normalized spacial score (nSPS) is 11.7. The van der Waals surface area contributed by atoms with Crippen LogP contribution >= 0.6 is 15.9 Å². The predicted octanol–water partition coefficient (Wildman–Crippen LogP) is 6.16. The summed E-state index contributed by atoms with van der Waals surface area (Å²) >= 11 is 3.59. The van der Waals surface area contributed by atoms with Gasteiger partial charge in [0.2, 0.25) is 0 Å². The zero-order valence-electron chi connectivity index (χ0n) is 13.0. The van der Waals surface area contributed by atoms with Crippen molar-refractivity contribution in [1.29, 1.82) is 0 Å². The number of rotatable bonds is 2. The lowest BCUT2D eigenvalue weighted by atomic mass is 9.84. The highest BCUT2D eigenvalue weighted by Crippen LogP contribution is 2.31. The molecule has 0 nitrogen and oxygen atoms in total. The van der Waals surface area contributed by atoms with Gasteiger partial charge in [-0.25, -0.2) is 0 Å². The minimum atomic E-state index is 0.172. The molecular formula is C19H23Br. The molecule has 20 heavy (non-hydrogen) atoms. The minimum Gasteiger partial charge on any atom is -0.0876 e. The molecular weight excluding hydrogens is 308 g/mol. The average Bonchev–Trinajstić information content (AvgIpc) is 2.36. The third kappa shape index (κ3) is 3.52. The topological polar surface area (TPSA) is 0 Å². The highest BCUT2D eigenvalue weighted by Gasteiger charge is 2.15. The van der Waals surface area contributed by atoms with Crippen LogP contribution in [0, 0.1) is 13.8 Å². The second-order valence-corrected chi connectivity index (χ2v) is 7.24. The van der Waals surface area contributed by atoms with Gasteiger partial charge in [-0.15, -0.1) is 0 Å². The van der Waals surface area contributed by atoms with Crippen molar-refractivity contribution in [3.05, 3.63) is 58.7 Å². The molecule has 0 bridgehead atoms. The van der Waals surface area contributed by atoms with Crippen LogP contribution in [0.5, 0.6) is 0 Å². The fourth-order valence-corrected chi connectivity index (χ4v) is 2.83. The maximum atomic E-state index is 3.59. The Morgan fingerprint density at radius 1 is 0.800 bits per heavy atom. The van der Waals surface area contributed by atoms with Crippen molar-refractivity contribution in [1.82, 2.24) is 0 Å². The number of hydrogen-bond acceptors (Lipinski definition) is 0. The van der Waals surface area contributed by atoms with Crippen molar-refractivity contribution < 1.29 is 0 Å². The van der Waals surface area contributed by atoms with Crippen molar-refractivity contribution >= 4 is 15.9 Å². The van der Waals surface area contributed by atoms with Crippen LogP contribution in [0.25, 0.3) is 11.1 Å². The summed E-state index contributed by atoms with van der Waals surface area (Å²) in [5, 5.41) is 0.898. The molecule has 2 aromatic carbocycles. The summed E-state index contributed by atoms with van der Waals surface area (Å²) in [6.45, 7) is 11.1. The van der Waals surface area contributed by atoms with E-state index in [0.717, 1.165) is 5.33 Å². The molecule has 0 fully saturated rings. The first-order chi connectivity index (χ1) is 9.29. The Morgan fingerprint density at radius 2 is 1.35 bits per heavy atom. The molecule has 0 atom stereocenters. The van der Waals surface area contributed by atoms with E-state index in [0.29, 0.717) is 0 Å². The molecule has 0 aromatic heterocycles. The van der Waals surface area contributed by atoms with E-state index in [9.17, 15) is 0 Å². The van der Waals surface area contributed by atoms with E-state index >= 15 is 0 Å². The molecule has 0 unspecified atom stereocenters. The van der Waals surface area contributed by atoms with Gasteiger partial charge in [0.05, 0.1) is 0 Å². The SMILES string of the molecule is Cc1cc(C)cc(-c2cc(CBr)cc(C(C)(C)C)c2)c1. The van der Waals surface area contributed by atoms with Gasteiger partial charge in [-0.05, 0) is 41.5 Å². The van der Waals surface area contributed by atoms with Crippen molar-refractivity contribution in [2.24, 2.45) is 0 Å². The van der Waals surface area contributed by atoms with Crippen molar-refractivity contribution in [3.63, 3.8) is 0 Å². The van der Waals surface area contributed by atoms with Gasteiger partial charge in [0.15, 0.2) is 0 Å². The molecule has 0 saturated carbocycles. The van der Waals surface area contributed by atoms with E-state index in [-0.39, 0.29) is 5.41 Å². The Morgan fingerprint density at radius 3 is 1.85 bits per heavy atom. The van der Waals surface area contributed by atoms with E-state index in [1.54, 1.807) is 0 Å². The third-order valence-corrected chi connectivity index (χ3v) is 4.22. The second-order valence-electron chi connectivity index (χ2n) is 6.68. The number of aryl methyl sites for hydroxylation is 2. The van der Waals surface area contributed by atoms with Gasteiger partial charge in [-0.1, -0.05) is 84.2 Å². The summed E-state index contributed by atoms with van der Waals surface area (Å²) in [5.41, 5.74) is 8.18. The van der Waals surface area contributed by atoms with Crippen LogP contribution in [0.15, 0.2) is 36.4 Å². The number of benzene rings is 2. The number of hydrogen-bond donors (Lipinski definition) is 0. The summed E-state index contributed by atoms with van der Waals surface area (Å²) in [4.78, 5) is 0. The molecule has 0 aliphatic heterocycles. The highest BCUT2D eigenvalue weighted by atomic mass is 79.9. The summed E-state index contributed by atoms with van der Waals surface area (Å²) in [7, 11) is 0. The molecule has 0 radical (unpaired) electrons. The molecule has 0 aliphatic rings. The molecule has 106 valence electrons. The lowest BCUT2D eigenvalue weighted by Crippen LogP contribution is -2.11. The zero-order valence-corrected chi connectivity index (χ0v) is 14.6. The maximum Gasteiger partial charge on any atom is 0.0283 e. The molecule has 2 aromatic rings. The summed E-state index contributed by atoms with van der Waals surface area (Å²) < 4.78 is 0. The van der Waals surface area contributed by atoms with Crippen molar-refractivity contribution in [3.8, 4) is 11.1 Å². The van der Waals surface area contributed by atoms with Gasteiger partial charge in [0, 0.05) is 5.33 Å². The second kappa shape index (κ2) is 5.73. The Kier molecular flexibility index (Phi) is 4.39. The first-order valence-corrected chi connectivity index (χ1v) is 8.21. The van der Waals surface area contributed by atoms with E-state index in [1.165, 1.54) is 33.4 Å². The smallest absolute Gasteiger partial charge is 0.0283 e. The Hall–Kier alpha value is -1.08. The fourth-order valence-electron chi connectivity index (χ4n) is 2.51. The van der Waals surface area contributed by atoms with Crippen molar-refractivity contribution in [2.45, 2.75) is 45.4 Å². The van der Waals surface area contributed by atoms with E-state index in [4.69, 9.17) is 0 Å². The molecule has 0 heterocycles. The molecule has 2 rings (SSSR count). The van der Waals surface area contributed by atoms with Gasteiger partial charge in [0.25, 0.3) is 0 Å². The van der Waals surface area contributed by atoms with Gasteiger partial charge in [-0.2, -0.15) is 0 Å². The molecule has 0 aliphatic carbocycles. The van der Waals surface area contributed by atoms with Crippen LogP contribution in [-0.2, 0) is 10.7 Å². The standard InChI is InChI=1S/C19H23Br/c1-13-6-14(2)8-16(7-13)17-9-15(12-20)10-18(11-17)19(3,4)5/h6-11H,12H2,1-5H3. The van der Waals surface area contributed by atoms with Gasteiger partial charge < -0.3 is 0 Å².